The lowest BCUT2D eigenvalue weighted by Crippen LogP contribution is -3.00. The molecule has 0 atom stereocenters. The lowest BCUT2D eigenvalue weighted by molar-refractivity contribution is -0.0000186. The van der Waals surface area contributed by atoms with Gasteiger partial charge in [-0.2, -0.15) is 0 Å². The fraction of sp³-hybridized carbons (Fsp3) is 0.235. The molecule has 5 nitrogen and oxygen atoms in total. The van der Waals surface area contributed by atoms with Crippen LogP contribution in [0.15, 0.2) is 30.6 Å². The highest BCUT2D eigenvalue weighted by molar-refractivity contribution is 6.30. The number of fused-ring (bicyclic) bond motifs is 4. The van der Waals surface area contributed by atoms with Crippen LogP contribution in [-0.2, 0) is 0 Å². The van der Waals surface area contributed by atoms with Crippen molar-refractivity contribution in [1.82, 2.24) is 9.47 Å². The maximum atomic E-state index is 12.9. The number of carbonyl (C=O) groups excluding carboxylic acids is 2. The van der Waals surface area contributed by atoms with E-state index >= 15 is 0 Å². The number of rotatable bonds is 0. The van der Waals surface area contributed by atoms with E-state index in [2.05, 4.69) is 24.4 Å². The zero-order chi connectivity index (χ0) is 15.5. The normalized spacial score (nSPS) is 17.3. The number of pyridine rings is 1. The summed E-state index contributed by atoms with van der Waals surface area (Å²) < 4.78 is 0.695. The number of benzene rings is 1. The van der Waals surface area contributed by atoms with Crippen LogP contribution in [0.5, 0.6) is 0 Å². The number of hydrogen-bond acceptors (Lipinski definition) is 4. The summed E-state index contributed by atoms with van der Waals surface area (Å²) in [7, 11) is 4.22. The Kier molecular flexibility index (Phi) is 3.30. The second-order valence-corrected chi connectivity index (χ2v) is 6.30. The molecular weight excluding hydrogens is 297 g/mol. The Balaban J connectivity index is 0.00000156. The van der Waals surface area contributed by atoms with Gasteiger partial charge in [0.25, 0.3) is 0 Å². The third-order valence-corrected chi connectivity index (χ3v) is 4.59. The van der Waals surface area contributed by atoms with Gasteiger partial charge in [-0.15, -0.1) is 0 Å². The van der Waals surface area contributed by atoms with Gasteiger partial charge in [0.1, 0.15) is 12.2 Å². The monoisotopic (exact) mass is 313 g/mol. The summed E-state index contributed by atoms with van der Waals surface area (Å²) in [5.41, 5.74) is 3.66. The number of carbonyl (C=O) groups is 2. The van der Waals surface area contributed by atoms with Crippen LogP contribution in [0, 0.1) is 0 Å². The molecule has 0 radical (unpaired) electrons. The molecule has 6 heteroatoms. The Morgan fingerprint density at radius 1 is 1.04 bits per heavy atom. The van der Waals surface area contributed by atoms with Crippen molar-refractivity contribution in [2.45, 2.75) is 0 Å². The maximum Gasteiger partial charge on any atom is 0.196 e. The quantitative estimate of drug-likeness (QED) is 0.533. The van der Waals surface area contributed by atoms with Gasteiger partial charge < -0.3 is 10.0 Å². The number of anilines is 1. The number of quaternary nitrogens is 1. The predicted molar refractivity (Wildman–Crippen MR) is 84.5 cm³/mol. The Labute approximate surface area is 132 Å². The van der Waals surface area contributed by atoms with Crippen molar-refractivity contribution in [2.24, 2.45) is 0 Å². The number of nitrogens with one attached hydrogen (secondary N) is 1. The first kappa shape index (κ1) is 15.3. The van der Waals surface area contributed by atoms with E-state index in [0.29, 0.717) is 26.7 Å². The van der Waals surface area contributed by atoms with Crippen LogP contribution in [0.25, 0.3) is 0 Å². The molecule has 4 rings (SSSR count). The molecule has 1 N–H and O–H groups in total. The molecule has 1 aromatic heterocycles. The van der Waals surface area contributed by atoms with Gasteiger partial charge in [0, 0.05) is 29.6 Å². The zero-order valence-corrected chi connectivity index (χ0v) is 12.9. The van der Waals surface area contributed by atoms with Crippen LogP contribution >= 0.6 is 0 Å². The summed E-state index contributed by atoms with van der Waals surface area (Å²) >= 11 is 0. The summed E-state index contributed by atoms with van der Waals surface area (Å²) in [6.07, 6.45) is 3.03. The topological polar surface area (TPSA) is 59.1 Å². The first-order valence-electron chi connectivity index (χ1n) is 7.28. The van der Waals surface area contributed by atoms with E-state index in [1.54, 1.807) is 18.3 Å². The van der Waals surface area contributed by atoms with Crippen molar-refractivity contribution < 1.29 is 14.3 Å². The number of nitrogens with zero attached hydrogens (tertiary/aromatic N) is 2. The molecule has 23 heavy (non-hydrogen) atoms. The summed E-state index contributed by atoms with van der Waals surface area (Å²) in [5, 5.41) is 3.32. The first-order chi connectivity index (χ1) is 10.5. The minimum atomic E-state index is -0.127. The van der Waals surface area contributed by atoms with E-state index < -0.39 is 0 Å². The molecule has 0 amide bonds. The molecule has 0 fully saturated rings. The third kappa shape index (κ3) is 1.98. The van der Waals surface area contributed by atoms with Gasteiger partial charge in [0.05, 0.1) is 31.8 Å². The van der Waals surface area contributed by atoms with Crippen LogP contribution in [0.3, 0.4) is 0 Å². The Morgan fingerprint density at radius 3 is 2.61 bits per heavy atom. The van der Waals surface area contributed by atoms with Crippen molar-refractivity contribution >= 4 is 22.9 Å². The van der Waals surface area contributed by atoms with Crippen molar-refractivity contribution in [1.29, 1.82) is 0 Å². The zero-order valence-electron chi connectivity index (χ0n) is 12.9. The molecule has 0 saturated heterocycles. The van der Waals surface area contributed by atoms with Gasteiger partial charge in [-0.25, -0.2) is 0 Å². The van der Waals surface area contributed by atoms with Crippen molar-refractivity contribution in [3.63, 3.8) is 0 Å². The van der Waals surface area contributed by atoms with Gasteiger partial charge in [-0.3, -0.25) is 19.1 Å². The molecule has 1 aliphatic carbocycles. The van der Waals surface area contributed by atoms with Crippen LogP contribution in [0.4, 0.5) is 11.4 Å². The molecule has 2 aromatic rings. The Bertz CT molecular complexity index is 846. The van der Waals surface area contributed by atoms with Crippen molar-refractivity contribution in [3.8, 4) is 0 Å². The smallest absolute Gasteiger partial charge is 0.196 e. The number of ketones is 2. The number of hydrogen-bond donors (Lipinski definition) is 1. The fourth-order valence-electron chi connectivity index (χ4n) is 3.33. The Morgan fingerprint density at radius 2 is 1.83 bits per heavy atom. The highest BCUT2D eigenvalue weighted by atomic mass is 19.0. The molecule has 118 valence electrons. The maximum absolute atomic E-state index is 12.9. The SMILES string of the molecule is C[N+]1(C)CCNc2c1ccc1c2C(=O)c2ccncc2C1=O.[F-]. The molecule has 2 heterocycles. The van der Waals surface area contributed by atoms with Gasteiger partial charge in [0.2, 0.25) is 0 Å². The fourth-order valence-corrected chi connectivity index (χ4v) is 3.33. The lowest BCUT2D eigenvalue weighted by Gasteiger charge is -2.37. The van der Waals surface area contributed by atoms with Crippen molar-refractivity contribution in [2.75, 3.05) is 32.5 Å². The molecule has 0 spiro atoms. The standard InChI is InChI=1S/C17H15N3O2.FH/c1-20(2)8-7-19-15-13(20)4-3-11-14(15)17(22)10-5-6-18-9-12(10)16(11)21;/h3-6,9H,7-8H2,1-2H3;1H. The summed E-state index contributed by atoms with van der Waals surface area (Å²) in [4.78, 5) is 29.6. The van der Waals surface area contributed by atoms with Crippen LogP contribution < -0.4 is 14.5 Å². The minimum Gasteiger partial charge on any atom is -1.00 e. The molecule has 1 aromatic carbocycles. The number of likely N-dealkylation sites (N-methyl/N-ethyl adjacent to an activating group) is 1. The van der Waals surface area contributed by atoms with Gasteiger partial charge in [-0.05, 0) is 12.1 Å². The number of halogens is 1. The molecule has 1 aliphatic heterocycles. The highest BCUT2D eigenvalue weighted by Crippen LogP contribution is 2.40. The van der Waals surface area contributed by atoms with E-state index in [0.717, 1.165) is 24.5 Å². The summed E-state index contributed by atoms with van der Waals surface area (Å²) in [6.45, 7) is 1.72. The van der Waals surface area contributed by atoms with E-state index in [4.69, 9.17) is 0 Å². The molecule has 0 saturated carbocycles. The molecule has 2 aliphatic rings. The van der Waals surface area contributed by atoms with E-state index in [9.17, 15) is 9.59 Å². The second kappa shape index (κ2) is 4.96. The molecule has 0 bridgehead atoms. The van der Waals surface area contributed by atoms with Gasteiger partial charge in [-0.1, -0.05) is 0 Å². The van der Waals surface area contributed by atoms with Crippen molar-refractivity contribution in [3.05, 3.63) is 52.8 Å². The van der Waals surface area contributed by atoms with E-state index in [1.165, 1.54) is 6.20 Å². The molecular formula is C17H16FN3O2. The lowest BCUT2D eigenvalue weighted by atomic mass is 9.83. The van der Waals surface area contributed by atoms with E-state index in [1.807, 2.05) is 6.07 Å². The average Bonchev–Trinajstić information content (AvgIpc) is 2.51. The van der Waals surface area contributed by atoms with Crippen LogP contribution in [0.2, 0.25) is 0 Å². The van der Waals surface area contributed by atoms with Gasteiger partial charge in [0.15, 0.2) is 17.3 Å². The minimum absolute atomic E-state index is 0. The average molecular weight is 313 g/mol. The third-order valence-electron chi connectivity index (χ3n) is 4.59. The van der Waals surface area contributed by atoms with Crippen LogP contribution in [0.1, 0.15) is 31.8 Å². The first-order valence-corrected chi connectivity index (χ1v) is 7.28. The Hall–Kier alpha value is -2.60. The summed E-state index contributed by atoms with van der Waals surface area (Å²) in [5.74, 6) is -0.226. The highest BCUT2D eigenvalue weighted by Gasteiger charge is 2.37. The summed E-state index contributed by atoms with van der Waals surface area (Å²) in [6, 6.07) is 5.35. The largest absolute Gasteiger partial charge is 1.00 e. The molecule has 0 unspecified atom stereocenters. The van der Waals surface area contributed by atoms with Gasteiger partial charge >= 0.3 is 0 Å². The second-order valence-electron chi connectivity index (χ2n) is 6.30. The predicted octanol–water partition coefficient (Wildman–Crippen LogP) is -1.15. The van der Waals surface area contributed by atoms with E-state index in [-0.39, 0.29) is 16.3 Å². The number of aromatic nitrogens is 1. The van der Waals surface area contributed by atoms with Crippen LogP contribution in [-0.4, -0.2) is 43.7 Å².